The second-order valence-corrected chi connectivity index (χ2v) is 3.93. The van der Waals surface area contributed by atoms with Crippen molar-refractivity contribution in [3.05, 3.63) is 36.4 Å². The van der Waals surface area contributed by atoms with E-state index in [0.717, 1.165) is 0 Å². The van der Waals surface area contributed by atoms with Gasteiger partial charge in [0, 0.05) is 12.6 Å². The van der Waals surface area contributed by atoms with Crippen LogP contribution in [0.15, 0.2) is 30.9 Å². The first-order valence-corrected chi connectivity index (χ1v) is 5.85. The molecule has 0 fully saturated rings. The van der Waals surface area contributed by atoms with Gasteiger partial charge in [0.05, 0.1) is 24.4 Å². The number of carbonyl (C=O) groups is 1. The van der Waals surface area contributed by atoms with Gasteiger partial charge < -0.3 is 15.4 Å². The van der Waals surface area contributed by atoms with E-state index in [1.165, 1.54) is 7.11 Å². The lowest BCUT2D eigenvalue weighted by Gasteiger charge is -2.17. The highest BCUT2D eigenvalue weighted by atomic mass is 16.5. The minimum Gasteiger partial charge on any atom is -0.495 e. The van der Waals surface area contributed by atoms with Crippen LogP contribution < -0.4 is 15.4 Å². The van der Waals surface area contributed by atoms with E-state index < -0.39 is 6.04 Å². The summed E-state index contributed by atoms with van der Waals surface area (Å²) in [7, 11) is 1.52. The van der Waals surface area contributed by atoms with E-state index in [1.807, 2.05) is 6.07 Å². The Morgan fingerprint density at radius 2 is 2.37 bits per heavy atom. The summed E-state index contributed by atoms with van der Waals surface area (Å²) >= 11 is 0. The Morgan fingerprint density at radius 1 is 1.63 bits per heavy atom. The molecule has 0 heterocycles. The van der Waals surface area contributed by atoms with Gasteiger partial charge in [0.25, 0.3) is 0 Å². The van der Waals surface area contributed by atoms with Gasteiger partial charge >= 0.3 is 0 Å². The molecule has 0 aliphatic carbocycles. The molecule has 1 unspecified atom stereocenters. The Morgan fingerprint density at radius 3 is 2.95 bits per heavy atom. The molecule has 0 saturated carbocycles. The fraction of sp³-hybridized carbons (Fsp3) is 0.286. The third kappa shape index (κ3) is 4.03. The molecule has 1 amide bonds. The van der Waals surface area contributed by atoms with Crippen molar-refractivity contribution < 1.29 is 9.53 Å². The maximum Gasteiger partial charge on any atom is 0.242 e. The molecule has 100 valence electrons. The van der Waals surface area contributed by atoms with Crippen LogP contribution >= 0.6 is 0 Å². The van der Waals surface area contributed by atoms with E-state index >= 15 is 0 Å². The number of nitrogens with one attached hydrogen (secondary N) is 2. The summed E-state index contributed by atoms with van der Waals surface area (Å²) in [6.07, 6.45) is 1.62. The number of anilines is 1. The monoisotopic (exact) mass is 259 g/mol. The topological polar surface area (TPSA) is 74.2 Å². The lowest BCUT2D eigenvalue weighted by Crippen LogP contribution is -2.37. The zero-order valence-electron chi connectivity index (χ0n) is 11.1. The number of methoxy groups -OCH3 is 1. The van der Waals surface area contributed by atoms with Crippen molar-refractivity contribution in [1.29, 1.82) is 5.26 Å². The molecular formula is C14H17N3O2. The van der Waals surface area contributed by atoms with Gasteiger partial charge in [-0.15, -0.1) is 6.58 Å². The molecule has 2 N–H and O–H groups in total. The first-order chi connectivity index (χ1) is 9.12. The third-order valence-electron chi connectivity index (χ3n) is 2.52. The Hall–Kier alpha value is -2.48. The van der Waals surface area contributed by atoms with E-state index in [0.29, 0.717) is 23.5 Å². The van der Waals surface area contributed by atoms with Crippen molar-refractivity contribution in [3.8, 4) is 11.8 Å². The van der Waals surface area contributed by atoms with Crippen LogP contribution in [-0.2, 0) is 4.79 Å². The molecular weight excluding hydrogens is 242 g/mol. The average Bonchev–Trinajstić information content (AvgIpc) is 2.44. The summed E-state index contributed by atoms with van der Waals surface area (Å²) in [5, 5.41) is 14.6. The standard InChI is InChI=1S/C14H17N3O2/c1-4-7-16-14(18)10(2)17-12-6-5-11(9-15)8-13(12)19-3/h4-6,8,10,17H,1,7H2,2-3H3,(H,16,18). The third-order valence-corrected chi connectivity index (χ3v) is 2.52. The first kappa shape index (κ1) is 14.6. The number of hydrogen-bond acceptors (Lipinski definition) is 4. The van der Waals surface area contributed by atoms with Crippen LogP contribution in [0.4, 0.5) is 5.69 Å². The highest BCUT2D eigenvalue weighted by Gasteiger charge is 2.14. The number of amides is 1. The molecule has 19 heavy (non-hydrogen) atoms. The van der Waals surface area contributed by atoms with Crippen LogP contribution in [0.1, 0.15) is 12.5 Å². The predicted molar refractivity (Wildman–Crippen MR) is 74.0 cm³/mol. The smallest absolute Gasteiger partial charge is 0.242 e. The second kappa shape index (κ2) is 7.07. The summed E-state index contributed by atoms with van der Waals surface area (Å²) in [5.74, 6) is 0.397. The van der Waals surface area contributed by atoms with Gasteiger partial charge in [-0.05, 0) is 19.1 Å². The number of nitriles is 1. The minimum atomic E-state index is -0.415. The summed E-state index contributed by atoms with van der Waals surface area (Å²) in [4.78, 5) is 11.7. The number of carbonyl (C=O) groups excluding carboxylic acids is 1. The van der Waals surface area contributed by atoms with Gasteiger partial charge in [0.2, 0.25) is 5.91 Å². The van der Waals surface area contributed by atoms with Crippen molar-refractivity contribution >= 4 is 11.6 Å². The zero-order valence-corrected chi connectivity index (χ0v) is 11.1. The highest BCUT2D eigenvalue weighted by Crippen LogP contribution is 2.25. The Bertz CT molecular complexity index is 506. The Kier molecular flexibility index (Phi) is 5.42. The number of ether oxygens (including phenoxy) is 1. The Labute approximate surface area is 112 Å². The summed E-state index contributed by atoms with van der Waals surface area (Å²) in [6, 6.07) is 6.62. The second-order valence-electron chi connectivity index (χ2n) is 3.93. The van der Waals surface area contributed by atoms with E-state index in [1.54, 1.807) is 31.2 Å². The van der Waals surface area contributed by atoms with Gasteiger partial charge in [-0.25, -0.2) is 0 Å². The van der Waals surface area contributed by atoms with Crippen LogP contribution in [-0.4, -0.2) is 25.6 Å². The normalized spacial score (nSPS) is 11.0. The lowest BCUT2D eigenvalue weighted by molar-refractivity contribution is -0.121. The van der Waals surface area contributed by atoms with Gasteiger partial charge in [-0.2, -0.15) is 5.26 Å². The SMILES string of the molecule is C=CCNC(=O)C(C)Nc1ccc(C#N)cc1OC. The number of benzene rings is 1. The molecule has 1 aromatic carbocycles. The molecule has 0 spiro atoms. The fourth-order valence-corrected chi connectivity index (χ4v) is 1.50. The molecule has 0 bridgehead atoms. The molecule has 5 nitrogen and oxygen atoms in total. The fourth-order valence-electron chi connectivity index (χ4n) is 1.50. The first-order valence-electron chi connectivity index (χ1n) is 5.85. The maximum absolute atomic E-state index is 11.7. The number of nitrogens with zero attached hydrogens (tertiary/aromatic N) is 1. The van der Waals surface area contributed by atoms with Crippen molar-refractivity contribution in [2.45, 2.75) is 13.0 Å². The molecule has 5 heteroatoms. The largest absolute Gasteiger partial charge is 0.495 e. The quantitative estimate of drug-likeness (QED) is 0.762. The van der Waals surface area contributed by atoms with Crippen molar-refractivity contribution in [2.75, 3.05) is 19.0 Å². The number of rotatable bonds is 6. The Balaban J connectivity index is 2.79. The molecule has 0 saturated heterocycles. The summed E-state index contributed by atoms with van der Waals surface area (Å²) in [6.45, 7) is 5.71. The summed E-state index contributed by atoms with van der Waals surface area (Å²) in [5.41, 5.74) is 1.17. The number of hydrogen-bond donors (Lipinski definition) is 2. The molecule has 0 radical (unpaired) electrons. The van der Waals surface area contributed by atoms with E-state index in [-0.39, 0.29) is 5.91 Å². The van der Waals surface area contributed by atoms with Gasteiger partial charge in [-0.1, -0.05) is 6.08 Å². The van der Waals surface area contributed by atoms with Crippen LogP contribution in [0, 0.1) is 11.3 Å². The van der Waals surface area contributed by atoms with Gasteiger partial charge in [0.15, 0.2) is 0 Å². The zero-order chi connectivity index (χ0) is 14.3. The van der Waals surface area contributed by atoms with Crippen molar-refractivity contribution in [3.63, 3.8) is 0 Å². The van der Waals surface area contributed by atoms with E-state index in [2.05, 4.69) is 17.2 Å². The van der Waals surface area contributed by atoms with Crippen LogP contribution in [0.25, 0.3) is 0 Å². The van der Waals surface area contributed by atoms with Gasteiger partial charge in [0.1, 0.15) is 11.8 Å². The van der Waals surface area contributed by atoms with Gasteiger partial charge in [-0.3, -0.25) is 4.79 Å². The molecule has 1 aromatic rings. The molecule has 0 aromatic heterocycles. The minimum absolute atomic E-state index is 0.133. The molecule has 0 aliphatic heterocycles. The lowest BCUT2D eigenvalue weighted by atomic mass is 10.2. The molecule has 1 atom stereocenters. The average molecular weight is 259 g/mol. The van der Waals surface area contributed by atoms with Crippen molar-refractivity contribution in [2.24, 2.45) is 0 Å². The summed E-state index contributed by atoms with van der Waals surface area (Å²) < 4.78 is 5.19. The van der Waals surface area contributed by atoms with E-state index in [4.69, 9.17) is 10.00 Å². The molecule has 0 aliphatic rings. The molecule has 1 rings (SSSR count). The predicted octanol–water partition coefficient (Wildman–Crippen LogP) is 1.67. The van der Waals surface area contributed by atoms with Crippen LogP contribution in [0.5, 0.6) is 5.75 Å². The van der Waals surface area contributed by atoms with Crippen LogP contribution in [0.3, 0.4) is 0 Å². The van der Waals surface area contributed by atoms with E-state index in [9.17, 15) is 4.79 Å². The van der Waals surface area contributed by atoms with Crippen LogP contribution in [0.2, 0.25) is 0 Å². The highest BCUT2D eigenvalue weighted by molar-refractivity contribution is 5.84. The maximum atomic E-state index is 11.7. The van der Waals surface area contributed by atoms with Crippen molar-refractivity contribution in [1.82, 2.24) is 5.32 Å².